The molecule has 2 fully saturated rings. The van der Waals surface area contributed by atoms with E-state index in [1.165, 1.54) is 11.8 Å². The molecular formula is C22H29N3O2. The van der Waals surface area contributed by atoms with Crippen LogP contribution in [-0.2, 0) is 6.42 Å². The number of nitrogens with one attached hydrogen (secondary N) is 1. The van der Waals surface area contributed by atoms with E-state index in [0.717, 1.165) is 51.0 Å². The number of benzene rings is 1. The van der Waals surface area contributed by atoms with Crippen molar-refractivity contribution < 1.29 is 5.11 Å². The van der Waals surface area contributed by atoms with Crippen molar-refractivity contribution in [2.75, 3.05) is 19.6 Å². The number of likely N-dealkylation sites (tertiary alicyclic amines) is 1. The molecule has 0 radical (unpaired) electrons. The Morgan fingerprint density at radius 1 is 1.26 bits per heavy atom. The lowest BCUT2D eigenvalue weighted by molar-refractivity contribution is 0.0352. The van der Waals surface area contributed by atoms with Gasteiger partial charge in [-0.1, -0.05) is 37.3 Å². The molecule has 0 bridgehead atoms. The predicted octanol–water partition coefficient (Wildman–Crippen LogP) is 2.58. The Labute approximate surface area is 160 Å². The second kappa shape index (κ2) is 7.56. The number of rotatable bonds is 6. The van der Waals surface area contributed by atoms with E-state index >= 15 is 0 Å². The topological polar surface area (TPSA) is 69.2 Å². The Morgan fingerprint density at radius 3 is 2.56 bits per heavy atom. The SMILES string of the molecule is CCC(CN1C[C@@H]2CC(O)(Cc3ccccc3)C[C@@H]2C1)c1c[nH]c(=O)cn1. The first-order valence-corrected chi connectivity index (χ1v) is 10.1. The van der Waals surface area contributed by atoms with Crippen LogP contribution in [0.2, 0.25) is 0 Å². The molecule has 2 aromatic rings. The summed E-state index contributed by atoms with van der Waals surface area (Å²) in [5.74, 6) is 1.50. The molecule has 1 aromatic carbocycles. The van der Waals surface area contributed by atoms with Crippen LogP contribution >= 0.6 is 0 Å². The fourth-order valence-electron chi connectivity index (χ4n) is 5.15. The molecule has 0 spiro atoms. The summed E-state index contributed by atoms with van der Waals surface area (Å²) in [4.78, 5) is 20.8. The quantitative estimate of drug-likeness (QED) is 0.823. The zero-order valence-electron chi connectivity index (χ0n) is 16.0. The third-order valence-electron chi connectivity index (χ3n) is 6.40. The lowest BCUT2D eigenvalue weighted by Gasteiger charge is -2.27. The molecule has 27 heavy (non-hydrogen) atoms. The van der Waals surface area contributed by atoms with Gasteiger partial charge in [0.15, 0.2) is 0 Å². The monoisotopic (exact) mass is 367 g/mol. The summed E-state index contributed by atoms with van der Waals surface area (Å²) in [6.45, 7) is 5.26. The van der Waals surface area contributed by atoms with Gasteiger partial charge >= 0.3 is 0 Å². The molecular weight excluding hydrogens is 338 g/mol. The number of aromatic amines is 1. The van der Waals surface area contributed by atoms with Crippen LogP contribution in [0.15, 0.2) is 47.5 Å². The molecule has 2 heterocycles. The lowest BCUT2D eigenvalue weighted by atomic mass is 9.91. The largest absolute Gasteiger partial charge is 0.390 e. The van der Waals surface area contributed by atoms with E-state index in [0.29, 0.717) is 17.8 Å². The maximum Gasteiger partial charge on any atom is 0.266 e. The van der Waals surface area contributed by atoms with Gasteiger partial charge in [0.05, 0.1) is 17.5 Å². The van der Waals surface area contributed by atoms with Crippen LogP contribution in [-0.4, -0.2) is 45.2 Å². The maximum absolute atomic E-state index is 11.2. The van der Waals surface area contributed by atoms with Crippen molar-refractivity contribution >= 4 is 0 Å². The van der Waals surface area contributed by atoms with Gasteiger partial charge in [0.25, 0.3) is 5.56 Å². The summed E-state index contributed by atoms with van der Waals surface area (Å²) in [6.07, 6.45) is 6.70. The van der Waals surface area contributed by atoms with E-state index < -0.39 is 5.60 Å². The minimum absolute atomic E-state index is 0.151. The Morgan fingerprint density at radius 2 is 1.96 bits per heavy atom. The van der Waals surface area contributed by atoms with Gasteiger partial charge in [-0.2, -0.15) is 0 Å². The number of fused-ring (bicyclic) bond motifs is 1. The third-order valence-corrected chi connectivity index (χ3v) is 6.40. The van der Waals surface area contributed by atoms with Gasteiger partial charge in [-0.15, -0.1) is 0 Å². The van der Waals surface area contributed by atoms with Crippen molar-refractivity contribution in [2.45, 2.75) is 44.1 Å². The highest BCUT2D eigenvalue weighted by molar-refractivity contribution is 5.18. The van der Waals surface area contributed by atoms with Crippen LogP contribution in [0.25, 0.3) is 0 Å². The smallest absolute Gasteiger partial charge is 0.266 e. The summed E-state index contributed by atoms with van der Waals surface area (Å²) in [7, 11) is 0. The summed E-state index contributed by atoms with van der Waals surface area (Å²) < 4.78 is 0. The van der Waals surface area contributed by atoms with Gasteiger partial charge in [-0.05, 0) is 36.7 Å². The number of H-pyrrole nitrogens is 1. The van der Waals surface area contributed by atoms with Crippen molar-refractivity contribution in [3.8, 4) is 0 Å². The zero-order valence-corrected chi connectivity index (χ0v) is 16.0. The summed E-state index contributed by atoms with van der Waals surface area (Å²) in [5.41, 5.74) is 1.50. The van der Waals surface area contributed by atoms with Gasteiger partial charge in [0.1, 0.15) is 0 Å². The van der Waals surface area contributed by atoms with Crippen molar-refractivity contribution in [3.05, 3.63) is 64.3 Å². The van der Waals surface area contributed by atoms with E-state index in [-0.39, 0.29) is 5.56 Å². The predicted molar refractivity (Wildman–Crippen MR) is 106 cm³/mol. The molecule has 2 N–H and O–H groups in total. The first kappa shape index (κ1) is 18.4. The molecule has 144 valence electrons. The molecule has 2 aliphatic rings. The molecule has 5 heteroatoms. The molecule has 4 rings (SSSR count). The first-order valence-electron chi connectivity index (χ1n) is 10.1. The van der Waals surface area contributed by atoms with Gasteiger partial charge in [0.2, 0.25) is 0 Å². The van der Waals surface area contributed by atoms with E-state index in [9.17, 15) is 9.90 Å². The highest BCUT2D eigenvalue weighted by atomic mass is 16.3. The maximum atomic E-state index is 11.2. The van der Waals surface area contributed by atoms with Gasteiger partial charge in [-0.3, -0.25) is 9.78 Å². The molecule has 5 nitrogen and oxygen atoms in total. The first-order chi connectivity index (χ1) is 13.0. The third kappa shape index (κ3) is 4.14. The average Bonchev–Trinajstić information content (AvgIpc) is 3.15. The van der Waals surface area contributed by atoms with Crippen molar-refractivity contribution in [1.82, 2.24) is 14.9 Å². The van der Waals surface area contributed by atoms with Crippen LogP contribution in [0.4, 0.5) is 0 Å². The molecule has 1 aliphatic heterocycles. The lowest BCUT2D eigenvalue weighted by Crippen LogP contribution is -2.33. The highest BCUT2D eigenvalue weighted by Gasteiger charge is 2.48. The second-order valence-electron chi connectivity index (χ2n) is 8.47. The van der Waals surface area contributed by atoms with Crippen LogP contribution < -0.4 is 5.56 Å². The minimum atomic E-state index is -0.548. The van der Waals surface area contributed by atoms with Crippen LogP contribution in [0.1, 0.15) is 43.4 Å². The van der Waals surface area contributed by atoms with E-state index in [2.05, 4.69) is 33.9 Å². The van der Waals surface area contributed by atoms with Gasteiger partial charge in [-0.25, -0.2) is 0 Å². The van der Waals surface area contributed by atoms with E-state index in [1.54, 1.807) is 6.20 Å². The standard InChI is InChI=1S/C22H29N3O2/c1-2-17(20-11-24-21(26)12-23-20)13-25-14-18-9-22(27,10-19(18)15-25)8-16-6-4-3-5-7-16/h3-7,11-12,17-19,27H,2,8-10,13-15H2,1H3,(H,24,26)/t17?,18-,19+,22?. The number of aromatic nitrogens is 2. The van der Waals surface area contributed by atoms with Crippen LogP contribution in [0, 0.1) is 11.8 Å². The Balaban J connectivity index is 1.35. The fraction of sp³-hybridized carbons (Fsp3) is 0.545. The van der Waals surface area contributed by atoms with Crippen LogP contribution in [0.3, 0.4) is 0 Å². The average molecular weight is 367 g/mol. The van der Waals surface area contributed by atoms with Crippen LogP contribution in [0.5, 0.6) is 0 Å². The Bertz CT molecular complexity index is 785. The Kier molecular flexibility index (Phi) is 5.15. The molecule has 4 atom stereocenters. The minimum Gasteiger partial charge on any atom is -0.390 e. The molecule has 2 unspecified atom stereocenters. The number of hydrogen-bond donors (Lipinski definition) is 2. The normalized spacial score (nSPS) is 29.0. The number of hydrogen-bond acceptors (Lipinski definition) is 4. The van der Waals surface area contributed by atoms with Gasteiger partial charge in [0, 0.05) is 38.2 Å². The molecule has 1 aliphatic carbocycles. The van der Waals surface area contributed by atoms with E-state index in [4.69, 9.17) is 0 Å². The molecule has 0 amide bonds. The molecule has 1 aromatic heterocycles. The summed E-state index contributed by atoms with van der Waals surface area (Å²) in [6, 6.07) is 10.3. The van der Waals surface area contributed by atoms with Gasteiger partial charge < -0.3 is 15.0 Å². The number of aliphatic hydroxyl groups is 1. The fourth-order valence-corrected chi connectivity index (χ4v) is 5.15. The second-order valence-corrected chi connectivity index (χ2v) is 8.47. The van der Waals surface area contributed by atoms with E-state index in [1.807, 2.05) is 18.2 Å². The van der Waals surface area contributed by atoms with Crippen molar-refractivity contribution in [2.24, 2.45) is 11.8 Å². The molecule has 1 saturated heterocycles. The number of nitrogens with zero attached hydrogens (tertiary/aromatic N) is 2. The summed E-state index contributed by atoms with van der Waals surface area (Å²) in [5, 5.41) is 11.1. The zero-order chi connectivity index (χ0) is 18.9. The Hall–Kier alpha value is -1.98. The van der Waals surface area contributed by atoms with Crippen molar-refractivity contribution in [3.63, 3.8) is 0 Å². The highest BCUT2D eigenvalue weighted by Crippen LogP contribution is 2.45. The van der Waals surface area contributed by atoms with Crippen molar-refractivity contribution in [1.29, 1.82) is 0 Å². The molecule has 1 saturated carbocycles. The summed E-state index contributed by atoms with van der Waals surface area (Å²) >= 11 is 0.